The second kappa shape index (κ2) is 17.8. The first-order valence-electron chi connectivity index (χ1n) is 9.40. The summed E-state index contributed by atoms with van der Waals surface area (Å²) in [6.07, 6.45) is 7.07. The van der Waals surface area contributed by atoms with E-state index in [1.807, 2.05) is 72.8 Å². The molecule has 0 radical (unpaired) electrons. The van der Waals surface area contributed by atoms with Gasteiger partial charge < -0.3 is 19.8 Å². The molecule has 0 saturated carbocycles. The van der Waals surface area contributed by atoms with E-state index in [4.69, 9.17) is 19.8 Å². The summed E-state index contributed by atoms with van der Waals surface area (Å²) in [6.45, 7) is 1.94. The number of nitrogens with zero attached hydrogens (tertiary/aromatic N) is 4. The molecule has 0 fully saturated rings. The second-order valence-corrected chi connectivity index (χ2v) is 5.84. The molecule has 164 valence electrons. The molecule has 0 aliphatic heterocycles. The van der Waals surface area contributed by atoms with Gasteiger partial charge in [-0.15, -0.1) is 0 Å². The summed E-state index contributed by atoms with van der Waals surface area (Å²) in [4.78, 5) is 34.5. The third-order valence-corrected chi connectivity index (χ3v) is 3.18. The molecule has 0 bridgehead atoms. The molecule has 0 amide bonds. The molecule has 0 saturated heterocycles. The van der Waals surface area contributed by atoms with Crippen molar-refractivity contribution in [2.75, 3.05) is 0 Å². The number of aliphatic carboxylic acids is 2. The van der Waals surface area contributed by atoms with Crippen molar-refractivity contribution < 1.29 is 19.8 Å². The van der Waals surface area contributed by atoms with E-state index in [0.717, 1.165) is 36.6 Å². The molecule has 0 atom stereocenters. The Morgan fingerprint density at radius 2 is 0.697 bits per heavy atom. The van der Waals surface area contributed by atoms with E-state index in [0.29, 0.717) is 0 Å². The number of hydrogen-bond donors (Lipinski definition) is 0. The van der Waals surface area contributed by atoms with E-state index >= 15 is 0 Å². The monoisotopic (exact) mass is 499 g/mol. The largest absolute Gasteiger partial charge is 3.00 e. The van der Waals surface area contributed by atoms with E-state index in [1.165, 1.54) is 0 Å². The topological polar surface area (TPSA) is 132 Å². The Morgan fingerprint density at radius 3 is 0.818 bits per heavy atom. The SMILES string of the molecule is CC(=O)[O-].CC(=O)[O-].[Ga+3].c1ccc(-c2ccccn2)nc1.c1ccc(-c2ccccn2)nc1. The van der Waals surface area contributed by atoms with E-state index in [-0.39, 0.29) is 19.8 Å². The van der Waals surface area contributed by atoms with E-state index in [1.54, 1.807) is 24.8 Å². The molecule has 9 heteroatoms. The van der Waals surface area contributed by atoms with Gasteiger partial charge in [-0.3, -0.25) is 19.9 Å². The Kier molecular flexibility index (Phi) is 15.8. The second-order valence-electron chi connectivity index (χ2n) is 5.84. The van der Waals surface area contributed by atoms with Crippen LogP contribution in [0.1, 0.15) is 13.8 Å². The van der Waals surface area contributed by atoms with Crippen LogP contribution >= 0.6 is 0 Å². The van der Waals surface area contributed by atoms with Crippen molar-refractivity contribution in [3.63, 3.8) is 0 Å². The van der Waals surface area contributed by atoms with Crippen molar-refractivity contribution in [1.82, 2.24) is 19.9 Å². The molecule has 0 N–H and O–H groups in total. The fraction of sp³-hybridized carbons (Fsp3) is 0.0833. The van der Waals surface area contributed by atoms with Gasteiger partial charge in [0.25, 0.3) is 0 Å². The number of aromatic nitrogens is 4. The van der Waals surface area contributed by atoms with Crippen LogP contribution in [0.25, 0.3) is 22.8 Å². The molecular weight excluding hydrogens is 478 g/mol. The normalized spacial score (nSPS) is 8.55. The van der Waals surface area contributed by atoms with Crippen LogP contribution in [-0.2, 0) is 9.59 Å². The number of carbonyl (C=O) groups is 2. The van der Waals surface area contributed by atoms with Gasteiger partial charge in [-0.2, -0.15) is 0 Å². The number of carboxylic acids is 2. The Balaban J connectivity index is 0.000000462. The molecule has 33 heavy (non-hydrogen) atoms. The number of hydrogen-bond acceptors (Lipinski definition) is 8. The van der Waals surface area contributed by atoms with Crippen molar-refractivity contribution in [1.29, 1.82) is 0 Å². The summed E-state index contributed by atoms with van der Waals surface area (Å²) in [7, 11) is 0. The predicted octanol–water partition coefficient (Wildman–Crippen LogP) is 1.42. The minimum Gasteiger partial charge on any atom is -0.550 e. The molecular formula is C24H22GaN4O4+. The Hall–Kier alpha value is -3.82. The summed E-state index contributed by atoms with van der Waals surface area (Å²) in [5.74, 6) is -2.17. The Bertz CT molecular complexity index is 869. The van der Waals surface area contributed by atoms with Crippen LogP contribution in [0.4, 0.5) is 0 Å². The molecule has 4 heterocycles. The van der Waals surface area contributed by atoms with Gasteiger partial charge in [-0.25, -0.2) is 0 Å². The third-order valence-electron chi connectivity index (χ3n) is 3.18. The molecule has 0 aliphatic rings. The Labute approximate surface area is 205 Å². The van der Waals surface area contributed by atoms with Crippen LogP contribution in [0.3, 0.4) is 0 Å². The fourth-order valence-corrected chi connectivity index (χ4v) is 2.06. The molecule has 0 aromatic carbocycles. The van der Waals surface area contributed by atoms with Crippen LogP contribution in [0.15, 0.2) is 97.6 Å². The maximum absolute atomic E-state index is 8.89. The first-order valence-corrected chi connectivity index (χ1v) is 9.40. The molecule has 0 aliphatic carbocycles. The van der Waals surface area contributed by atoms with Crippen molar-refractivity contribution in [3.8, 4) is 22.8 Å². The van der Waals surface area contributed by atoms with Gasteiger partial charge in [0.1, 0.15) is 0 Å². The fourth-order valence-electron chi connectivity index (χ4n) is 2.06. The summed E-state index contributed by atoms with van der Waals surface area (Å²) < 4.78 is 0. The van der Waals surface area contributed by atoms with Crippen molar-refractivity contribution >= 4 is 31.7 Å². The van der Waals surface area contributed by atoms with Crippen molar-refractivity contribution in [2.45, 2.75) is 13.8 Å². The number of pyridine rings is 4. The zero-order chi connectivity index (χ0) is 23.6. The third kappa shape index (κ3) is 14.8. The minimum absolute atomic E-state index is 0. The van der Waals surface area contributed by atoms with Crippen molar-refractivity contribution in [2.24, 2.45) is 0 Å². The minimum atomic E-state index is -1.08. The summed E-state index contributed by atoms with van der Waals surface area (Å²) in [5, 5.41) is 17.8. The average molecular weight is 500 g/mol. The maximum atomic E-state index is 8.89. The van der Waals surface area contributed by atoms with Crippen LogP contribution in [0.5, 0.6) is 0 Å². The van der Waals surface area contributed by atoms with Gasteiger partial charge in [0.15, 0.2) is 0 Å². The average Bonchev–Trinajstić information content (AvgIpc) is 2.81. The van der Waals surface area contributed by atoms with Crippen LogP contribution in [-0.4, -0.2) is 51.7 Å². The smallest absolute Gasteiger partial charge is 0.550 e. The molecule has 0 spiro atoms. The Morgan fingerprint density at radius 1 is 0.515 bits per heavy atom. The van der Waals surface area contributed by atoms with Crippen LogP contribution < -0.4 is 10.2 Å². The standard InChI is InChI=1S/2C10H8N2.2C2H4O2.Ga/c2*1-3-7-11-9(5-1)10-6-2-4-8-12-10;2*1-2(3)4;/h2*1-8H;2*1H3,(H,3,4);/q;;;;+3/p-2. The van der Waals surface area contributed by atoms with Gasteiger partial charge in [0.05, 0.1) is 22.8 Å². The zero-order valence-corrected chi connectivity index (χ0v) is 20.7. The molecule has 4 aromatic rings. The molecule has 8 nitrogen and oxygen atoms in total. The van der Waals surface area contributed by atoms with Crippen LogP contribution in [0.2, 0.25) is 0 Å². The predicted molar refractivity (Wildman–Crippen MR) is 122 cm³/mol. The molecule has 0 unspecified atom stereocenters. The van der Waals surface area contributed by atoms with E-state index in [2.05, 4.69) is 19.9 Å². The molecule has 4 rings (SSSR count). The van der Waals surface area contributed by atoms with Gasteiger partial charge in [0.2, 0.25) is 0 Å². The number of carbonyl (C=O) groups excluding carboxylic acids is 2. The number of rotatable bonds is 2. The first kappa shape index (κ1) is 29.2. The summed E-state index contributed by atoms with van der Waals surface area (Å²) in [6, 6.07) is 23.2. The maximum Gasteiger partial charge on any atom is 3.00 e. The first-order chi connectivity index (χ1) is 15.4. The van der Waals surface area contributed by atoms with Gasteiger partial charge >= 0.3 is 19.8 Å². The van der Waals surface area contributed by atoms with Gasteiger partial charge in [0, 0.05) is 36.7 Å². The van der Waals surface area contributed by atoms with Gasteiger partial charge in [-0.1, -0.05) is 24.3 Å². The van der Waals surface area contributed by atoms with E-state index < -0.39 is 11.9 Å². The number of carboxylic acid groups (broad SMARTS) is 2. The van der Waals surface area contributed by atoms with Gasteiger partial charge in [-0.05, 0) is 62.4 Å². The summed E-state index contributed by atoms with van der Waals surface area (Å²) >= 11 is 0. The summed E-state index contributed by atoms with van der Waals surface area (Å²) in [5.41, 5.74) is 3.66. The zero-order valence-electron chi connectivity index (χ0n) is 18.2. The van der Waals surface area contributed by atoms with Crippen LogP contribution in [0, 0.1) is 0 Å². The van der Waals surface area contributed by atoms with E-state index in [9.17, 15) is 0 Å². The van der Waals surface area contributed by atoms with Crippen molar-refractivity contribution in [3.05, 3.63) is 97.6 Å². The molecule has 4 aromatic heterocycles. The quantitative estimate of drug-likeness (QED) is 0.378.